The summed E-state index contributed by atoms with van der Waals surface area (Å²) in [6, 6.07) is 0. The molecule has 0 saturated heterocycles. The number of carbonyl (C=O) groups is 2. The Labute approximate surface area is 81.1 Å². The second-order valence-corrected chi connectivity index (χ2v) is 4.50. The molecular weight excluding hydrogens is 190 g/mol. The third kappa shape index (κ3) is 2.37. The average Bonchev–Trinajstić information content (AvgIpc) is 2.02. The van der Waals surface area contributed by atoms with Crippen LogP contribution < -0.4 is 5.32 Å². The number of carboxylic acid groups (broad SMARTS) is 1. The van der Waals surface area contributed by atoms with E-state index < -0.39 is 11.9 Å². The molecule has 0 spiro atoms. The van der Waals surface area contributed by atoms with Crippen molar-refractivity contribution in [2.45, 2.75) is 24.0 Å². The second kappa shape index (κ2) is 4.00. The molecule has 1 amide bonds. The standard InChI is InChI=1S/C8H13NO3S/c1-13-8(3-2-4-8)5-9-6(10)7(11)12/h2-5H2,1H3,(H,9,10)(H,11,12). The number of hydrogen-bond acceptors (Lipinski definition) is 3. The van der Waals surface area contributed by atoms with Gasteiger partial charge in [-0.2, -0.15) is 11.8 Å². The topological polar surface area (TPSA) is 66.4 Å². The number of carboxylic acids is 1. The zero-order chi connectivity index (χ0) is 9.90. The molecule has 4 nitrogen and oxygen atoms in total. The summed E-state index contributed by atoms with van der Waals surface area (Å²) in [4.78, 5) is 20.9. The lowest BCUT2D eigenvalue weighted by atomic mass is 9.84. The number of hydrogen-bond donors (Lipinski definition) is 2. The molecule has 2 N–H and O–H groups in total. The SMILES string of the molecule is CSC1(CNC(=O)C(=O)O)CCC1. The lowest BCUT2D eigenvalue weighted by molar-refractivity contribution is -0.150. The van der Waals surface area contributed by atoms with Crippen LogP contribution in [0.2, 0.25) is 0 Å². The van der Waals surface area contributed by atoms with Crippen molar-refractivity contribution in [3.05, 3.63) is 0 Å². The van der Waals surface area contributed by atoms with Crippen LogP contribution in [0.4, 0.5) is 0 Å². The van der Waals surface area contributed by atoms with E-state index in [2.05, 4.69) is 5.32 Å². The van der Waals surface area contributed by atoms with Crippen molar-refractivity contribution in [1.82, 2.24) is 5.32 Å². The summed E-state index contributed by atoms with van der Waals surface area (Å²) >= 11 is 1.71. The fourth-order valence-corrected chi connectivity index (χ4v) is 2.25. The Morgan fingerprint density at radius 1 is 1.54 bits per heavy atom. The first-order valence-electron chi connectivity index (χ1n) is 4.16. The molecule has 0 aromatic rings. The fraction of sp³-hybridized carbons (Fsp3) is 0.750. The molecule has 0 bridgehead atoms. The molecule has 0 aromatic carbocycles. The van der Waals surface area contributed by atoms with Crippen molar-refractivity contribution >= 4 is 23.6 Å². The highest BCUT2D eigenvalue weighted by Crippen LogP contribution is 2.42. The van der Waals surface area contributed by atoms with Gasteiger partial charge in [-0.05, 0) is 19.1 Å². The van der Waals surface area contributed by atoms with E-state index in [-0.39, 0.29) is 4.75 Å². The maximum atomic E-state index is 10.7. The fourth-order valence-electron chi connectivity index (χ4n) is 1.34. The molecular formula is C8H13NO3S. The Morgan fingerprint density at radius 2 is 2.15 bits per heavy atom. The van der Waals surface area contributed by atoms with E-state index in [1.54, 1.807) is 11.8 Å². The molecule has 1 rings (SSSR count). The van der Waals surface area contributed by atoms with Gasteiger partial charge in [0.05, 0.1) is 0 Å². The van der Waals surface area contributed by atoms with Crippen molar-refractivity contribution in [2.75, 3.05) is 12.8 Å². The highest BCUT2D eigenvalue weighted by Gasteiger charge is 2.36. The normalized spacial score (nSPS) is 18.8. The average molecular weight is 203 g/mol. The van der Waals surface area contributed by atoms with Crippen LogP contribution in [0.1, 0.15) is 19.3 Å². The molecule has 13 heavy (non-hydrogen) atoms. The zero-order valence-electron chi connectivity index (χ0n) is 7.50. The summed E-state index contributed by atoms with van der Waals surface area (Å²) in [6.45, 7) is 0.472. The van der Waals surface area contributed by atoms with E-state index in [1.165, 1.54) is 6.42 Å². The quantitative estimate of drug-likeness (QED) is 0.654. The van der Waals surface area contributed by atoms with Gasteiger partial charge in [-0.25, -0.2) is 4.79 Å². The van der Waals surface area contributed by atoms with Crippen LogP contribution in [-0.2, 0) is 9.59 Å². The van der Waals surface area contributed by atoms with Crippen LogP contribution in [0.15, 0.2) is 0 Å². The molecule has 1 saturated carbocycles. The van der Waals surface area contributed by atoms with E-state index in [4.69, 9.17) is 5.11 Å². The van der Waals surface area contributed by atoms with E-state index in [0.717, 1.165) is 12.8 Å². The molecule has 74 valence electrons. The van der Waals surface area contributed by atoms with Crippen molar-refractivity contribution in [3.63, 3.8) is 0 Å². The monoisotopic (exact) mass is 203 g/mol. The van der Waals surface area contributed by atoms with E-state index in [0.29, 0.717) is 6.54 Å². The molecule has 5 heteroatoms. The largest absolute Gasteiger partial charge is 0.474 e. The molecule has 0 aromatic heterocycles. The number of rotatable bonds is 3. The summed E-state index contributed by atoms with van der Waals surface area (Å²) in [6.07, 6.45) is 5.29. The second-order valence-electron chi connectivity index (χ2n) is 3.23. The summed E-state index contributed by atoms with van der Waals surface area (Å²) in [5.41, 5.74) is 0. The Kier molecular flexibility index (Phi) is 3.19. The molecule has 0 unspecified atom stereocenters. The van der Waals surface area contributed by atoms with Crippen molar-refractivity contribution in [1.29, 1.82) is 0 Å². The third-order valence-corrected chi connectivity index (χ3v) is 3.88. The van der Waals surface area contributed by atoms with E-state index >= 15 is 0 Å². The molecule has 0 heterocycles. The summed E-state index contributed by atoms with van der Waals surface area (Å²) in [5.74, 6) is -2.31. The van der Waals surface area contributed by atoms with Crippen LogP contribution in [0.5, 0.6) is 0 Å². The van der Waals surface area contributed by atoms with Gasteiger partial charge < -0.3 is 10.4 Å². The molecule has 0 aliphatic heterocycles. The van der Waals surface area contributed by atoms with Gasteiger partial charge >= 0.3 is 11.9 Å². The van der Waals surface area contributed by atoms with Crippen molar-refractivity contribution in [2.24, 2.45) is 0 Å². The van der Waals surface area contributed by atoms with Crippen LogP contribution >= 0.6 is 11.8 Å². The smallest absolute Gasteiger partial charge is 0.394 e. The van der Waals surface area contributed by atoms with Gasteiger partial charge in [0.2, 0.25) is 0 Å². The molecule has 0 radical (unpaired) electrons. The highest BCUT2D eigenvalue weighted by atomic mass is 32.2. The van der Waals surface area contributed by atoms with Crippen molar-refractivity contribution < 1.29 is 14.7 Å². The zero-order valence-corrected chi connectivity index (χ0v) is 8.32. The number of carbonyl (C=O) groups excluding carboxylic acids is 1. The Hall–Kier alpha value is -0.710. The predicted octanol–water partition coefficient (Wildman–Crippen LogP) is 0.473. The number of amides is 1. The van der Waals surface area contributed by atoms with Gasteiger partial charge in [0, 0.05) is 11.3 Å². The number of aliphatic carboxylic acids is 1. The minimum absolute atomic E-state index is 0.102. The summed E-state index contributed by atoms with van der Waals surface area (Å²) in [7, 11) is 0. The minimum Gasteiger partial charge on any atom is -0.474 e. The highest BCUT2D eigenvalue weighted by molar-refractivity contribution is 8.00. The summed E-state index contributed by atoms with van der Waals surface area (Å²) in [5, 5.41) is 10.7. The van der Waals surface area contributed by atoms with Gasteiger partial charge in [0.25, 0.3) is 0 Å². The molecule has 1 aliphatic carbocycles. The predicted molar refractivity (Wildman–Crippen MR) is 50.7 cm³/mol. The first-order chi connectivity index (χ1) is 6.09. The van der Waals surface area contributed by atoms with Gasteiger partial charge in [-0.15, -0.1) is 0 Å². The van der Waals surface area contributed by atoms with Gasteiger partial charge in [-0.1, -0.05) is 6.42 Å². The third-order valence-electron chi connectivity index (χ3n) is 2.46. The van der Waals surface area contributed by atoms with Gasteiger partial charge in [0.1, 0.15) is 0 Å². The van der Waals surface area contributed by atoms with Crippen LogP contribution in [-0.4, -0.2) is 34.5 Å². The van der Waals surface area contributed by atoms with E-state index in [9.17, 15) is 9.59 Å². The Morgan fingerprint density at radius 3 is 2.46 bits per heavy atom. The van der Waals surface area contributed by atoms with Crippen LogP contribution in [0.25, 0.3) is 0 Å². The van der Waals surface area contributed by atoms with E-state index in [1.807, 2.05) is 6.26 Å². The lowest BCUT2D eigenvalue weighted by Crippen LogP contribution is -2.46. The molecule has 1 aliphatic rings. The maximum absolute atomic E-state index is 10.7. The van der Waals surface area contributed by atoms with Gasteiger partial charge in [-0.3, -0.25) is 4.79 Å². The van der Waals surface area contributed by atoms with Gasteiger partial charge in [0.15, 0.2) is 0 Å². The number of nitrogens with one attached hydrogen (secondary N) is 1. The van der Waals surface area contributed by atoms with Crippen molar-refractivity contribution in [3.8, 4) is 0 Å². The van der Waals surface area contributed by atoms with Crippen LogP contribution in [0.3, 0.4) is 0 Å². The first kappa shape index (κ1) is 10.4. The summed E-state index contributed by atoms with van der Waals surface area (Å²) < 4.78 is 0.102. The lowest BCUT2D eigenvalue weighted by Gasteiger charge is -2.40. The van der Waals surface area contributed by atoms with Crippen LogP contribution in [0, 0.1) is 0 Å². The maximum Gasteiger partial charge on any atom is 0.394 e. The first-order valence-corrected chi connectivity index (χ1v) is 5.38. The Bertz CT molecular complexity index is 220. The molecule has 0 atom stereocenters. The molecule has 1 fully saturated rings. The minimum atomic E-state index is -1.41. The Balaban J connectivity index is 2.32. The number of thioether (sulfide) groups is 1.